The second-order valence-electron chi connectivity index (χ2n) is 5.37. The van der Waals surface area contributed by atoms with E-state index in [0.717, 1.165) is 34.5 Å². The Balaban J connectivity index is 2.00. The number of benzene rings is 2. The fourth-order valence-corrected chi connectivity index (χ4v) is 2.87. The molecule has 1 amide bonds. The summed E-state index contributed by atoms with van der Waals surface area (Å²) in [6, 6.07) is 11.7. The van der Waals surface area contributed by atoms with Crippen LogP contribution in [0.3, 0.4) is 0 Å². The molecule has 0 saturated heterocycles. The quantitative estimate of drug-likeness (QED) is 0.806. The largest absolute Gasteiger partial charge is 0.398 e. The molecule has 2 aromatic rings. The van der Waals surface area contributed by atoms with E-state index in [9.17, 15) is 4.79 Å². The van der Waals surface area contributed by atoms with E-state index in [1.807, 2.05) is 55.1 Å². The van der Waals surface area contributed by atoms with E-state index < -0.39 is 0 Å². The third kappa shape index (κ3) is 1.95. The summed E-state index contributed by atoms with van der Waals surface area (Å²) in [5.74, 6) is 0.0619. The molecule has 1 heterocycles. The Morgan fingerprint density at radius 2 is 2.00 bits per heavy atom. The van der Waals surface area contributed by atoms with Crippen LogP contribution in [0.25, 0.3) is 0 Å². The van der Waals surface area contributed by atoms with Crippen LogP contribution in [0.4, 0.5) is 11.4 Å². The lowest BCUT2D eigenvalue weighted by molar-refractivity contribution is 0.0989. The fraction of sp³-hybridized carbons (Fsp3) is 0.235. The van der Waals surface area contributed by atoms with Crippen LogP contribution in [0.1, 0.15) is 27.0 Å². The van der Waals surface area contributed by atoms with Crippen molar-refractivity contribution in [3.05, 3.63) is 58.7 Å². The van der Waals surface area contributed by atoms with Gasteiger partial charge in [-0.1, -0.05) is 23.8 Å². The molecule has 0 radical (unpaired) electrons. The normalized spacial score (nSPS) is 13.4. The number of anilines is 2. The number of hydrogen-bond donors (Lipinski definition) is 1. The maximum absolute atomic E-state index is 12.7. The van der Waals surface area contributed by atoms with Gasteiger partial charge in [0.2, 0.25) is 0 Å². The highest BCUT2D eigenvalue weighted by Crippen LogP contribution is 2.33. The van der Waals surface area contributed by atoms with Gasteiger partial charge in [0.15, 0.2) is 0 Å². The Hall–Kier alpha value is -2.29. The van der Waals surface area contributed by atoms with Crippen LogP contribution in [0, 0.1) is 13.8 Å². The van der Waals surface area contributed by atoms with Crippen molar-refractivity contribution >= 4 is 17.3 Å². The molecular formula is C17H18N2O. The van der Waals surface area contributed by atoms with E-state index >= 15 is 0 Å². The Morgan fingerprint density at radius 1 is 1.20 bits per heavy atom. The fourth-order valence-electron chi connectivity index (χ4n) is 2.87. The van der Waals surface area contributed by atoms with Gasteiger partial charge in [0.1, 0.15) is 0 Å². The molecule has 3 rings (SSSR count). The minimum Gasteiger partial charge on any atom is -0.398 e. The van der Waals surface area contributed by atoms with Crippen molar-refractivity contribution < 1.29 is 4.79 Å². The molecule has 0 unspecified atom stereocenters. The number of fused-ring (bicyclic) bond motifs is 1. The van der Waals surface area contributed by atoms with Gasteiger partial charge >= 0.3 is 0 Å². The van der Waals surface area contributed by atoms with E-state index in [1.165, 1.54) is 5.56 Å². The van der Waals surface area contributed by atoms with Crippen molar-refractivity contribution in [1.82, 2.24) is 0 Å². The highest BCUT2D eigenvalue weighted by molar-refractivity contribution is 6.08. The number of amides is 1. The number of carbonyl (C=O) groups excluding carboxylic acids is 1. The lowest BCUT2D eigenvalue weighted by Crippen LogP contribution is -2.29. The number of hydrogen-bond acceptors (Lipinski definition) is 2. The highest BCUT2D eigenvalue weighted by atomic mass is 16.2. The number of nitrogens with two attached hydrogens (primary N) is 1. The number of aryl methyl sites for hydroxylation is 2. The summed E-state index contributed by atoms with van der Waals surface area (Å²) >= 11 is 0. The van der Waals surface area contributed by atoms with E-state index in [-0.39, 0.29) is 5.91 Å². The summed E-state index contributed by atoms with van der Waals surface area (Å²) in [6.07, 6.45) is 0.832. The predicted molar refractivity (Wildman–Crippen MR) is 82.2 cm³/mol. The first kappa shape index (κ1) is 12.7. The van der Waals surface area contributed by atoms with Gasteiger partial charge in [0.25, 0.3) is 5.91 Å². The highest BCUT2D eigenvalue weighted by Gasteiger charge is 2.27. The lowest BCUT2D eigenvalue weighted by atomic mass is 10.0. The first-order valence-electron chi connectivity index (χ1n) is 6.84. The summed E-state index contributed by atoms with van der Waals surface area (Å²) < 4.78 is 0. The number of nitrogens with zero attached hydrogens (tertiary/aromatic N) is 1. The summed E-state index contributed by atoms with van der Waals surface area (Å²) in [6.45, 7) is 4.72. The molecule has 0 atom stereocenters. The van der Waals surface area contributed by atoms with Gasteiger partial charge in [0.05, 0.1) is 0 Å². The lowest BCUT2D eigenvalue weighted by Gasteiger charge is -2.19. The predicted octanol–water partition coefficient (Wildman–Crippen LogP) is 3.09. The van der Waals surface area contributed by atoms with Gasteiger partial charge in [-0.2, -0.15) is 0 Å². The van der Waals surface area contributed by atoms with Crippen LogP contribution in [-0.4, -0.2) is 12.5 Å². The molecule has 0 spiro atoms. The molecule has 0 aromatic heterocycles. The molecule has 0 saturated carbocycles. The zero-order valence-corrected chi connectivity index (χ0v) is 11.8. The van der Waals surface area contributed by atoms with Gasteiger partial charge in [-0.15, -0.1) is 0 Å². The van der Waals surface area contributed by atoms with Crippen molar-refractivity contribution in [3.63, 3.8) is 0 Å². The zero-order valence-electron chi connectivity index (χ0n) is 11.8. The summed E-state index contributed by atoms with van der Waals surface area (Å²) in [5.41, 5.74) is 11.8. The number of nitrogen functional groups attached to an aromatic ring is 1. The summed E-state index contributed by atoms with van der Waals surface area (Å²) in [4.78, 5) is 14.6. The Kier molecular flexibility index (Phi) is 2.97. The summed E-state index contributed by atoms with van der Waals surface area (Å²) in [5, 5.41) is 0. The standard InChI is InChI=1S/C17H18N2O/c1-11-6-7-13(12(2)10-11)17(20)19-9-8-14-15(18)4-3-5-16(14)19/h3-7,10H,8-9,18H2,1-2H3. The maximum Gasteiger partial charge on any atom is 0.258 e. The van der Waals surface area contributed by atoms with Crippen LogP contribution in [-0.2, 0) is 6.42 Å². The molecular weight excluding hydrogens is 248 g/mol. The molecule has 3 nitrogen and oxygen atoms in total. The van der Waals surface area contributed by atoms with Crippen LogP contribution in [0.2, 0.25) is 0 Å². The molecule has 2 N–H and O–H groups in total. The minimum atomic E-state index is 0.0619. The average Bonchev–Trinajstić information content (AvgIpc) is 2.83. The maximum atomic E-state index is 12.7. The van der Waals surface area contributed by atoms with Crippen molar-refractivity contribution in [2.24, 2.45) is 0 Å². The van der Waals surface area contributed by atoms with Gasteiger partial charge in [-0.25, -0.2) is 0 Å². The molecule has 1 aliphatic heterocycles. The first-order chi connectivity index (χ1) is 9.58. The zero-order chi connectivity index (χ0) is 14.3. The molecule has 2 aromatic carbocycles. The minimum absolute atomic E-state index is 0.0619. The van der Waals surface area contributed by atoms with Gasteiger partial charge < -0.3 is 10.6 Å². The number of carbonyl (C=O) groups is 1. The number of rotatable bonds is 1. The Bertz CT molecular complexity index is 691. The third-order valence-electron chi connectivity index (χ3n) is 3.92. The van der Waals surface area contributed by atoms with E-state index in [4.69, 9.17) is 5.73 Å². The molecule has 0 bridgehead atoms. The molecule has 0 aliphatic carbocycles. The van der Waals surface area contributed by atoms with Crippen molar-refractivity contribution in [1.29, 1.82) is 0 Å². The second kappa shape index (κ2) is 4.67. The smallest absolute Gasteiger partial charge is 0.258 e. The van der Waals surface area contributed by atoms with E-state index in [0.29, 0.717) is 6.54 Å². The second-order valence-corrected chi connectivity index (χ2v) is 5.37. The molecule has 20 heavy (non-hydrogen) atoms. The average molecular weight is 266 g/mol. The molecule has 1 aliphatic rings. The monoisotopic (exact) mass is 266 g/mol. The first-order valence-corrected chi connectivity index (χ1v) is 6.84. The van der Waals surface area contributed by atoms with Gasteiger partial charge in [-0.3, -0.25) is 4.79 Å². The van der Waals surface area contributed by atoms with Crippen molar-refractivity contribution in [2.45, 2.75) is 20.3 Å². The van der Waals surface area contributed by atoms with Crippen LogP contribution < -0.4 is 10.6 Å². The van der Waals surface area contributed by atoms with E-state index in [2.05, 4.69) is 0 Å². The SMILES string of the molecule is Cc1ccc(C(=O)N2CCc3c(N)cccc32)c(C)c1. The van der Waals surface area contributed by atoms with E-state index in [1.54, 1.807) is 0 Å². The van der Waals surface area contributed by atoms with Gasteiger partial charge in [-0.05, 0) is 44.0 Å². The van der Waals surface area contributed by atoms with Crippen molar-refractivity contribution in [3.8, 4) is 0 Å². The van der Waals surface area contributed by atoms with Crippen molar-refractivity contribution in [2.75, 3.05) is 17.2 Å². The van der Waals surface area contributed by atoms with Crippen LogP contribution in [0.15, 0.2) is 36.4 Å². The molecule has 3 heteroatoms. The van der Waals surface area contributed by atoms with Crippen LogP contribution in [0.5, 0.6) is 0 Å². The Labute approximate surface area is 119 Å². The summed E-state index contributed by atoms with van der Waals surface area (Å²) in [7, 11) is 0. The van der Waals surface area contributed by atoms with Crippen LogP contribution >= 0.6 is 0 Å². The van der Waals surface area contributed by atoms with Gasteiger partial charge in [0, 0.05) is 29.0 Å². The molecule has 102 valence electrons. The molecule has 0 fully saturated rings. The Morgan fingerprint density at radius 3 is 2.75 bits per heavy atom. The third-order valence-corrected chi connectivity index (χ3v) is 3.92. The topological polar surface area (TPSA) is 46.3 Å².